The monoisotopic (exact) mass is 606 g/mol. The van der Waals surface area contributed by atoms with Crippen LogP contribution in [0.4, 0.5) is 0 Å². The van der Waals surface area contributed by atoms with E-state index in [0.29, 0.717) is 37.9 Å². The number of aliphatic hydroxyl groups excluding tert-OH is 1. The molecule has 5 rings (SSSR count). The van der Waals surface area contributed by atoms with E-state index >= 15 is 0 Å². The molecule has 1 spiro atoms. The van der Waals surface area contributed by atoms with Crippen LogP contribution in [0.25, 0.3) is 11.0 Å². The van der Waals surface area contributed by atoms with Crippen LogP contribution in [0.3, 0.4) is 0 Å². The number of fused-ring (bicyclic) bond motifs is 2. The molecule has 3 fully saturated rings. The number of rotatable bonds is 14. The van der Waals surface area contributed by atoms with E-state index < -0.39 is 35.1 Å². The number of benzene rings is 1. The maximum Gasteiger partial charge on any atom is 0.250 e. The molecule has 11 nitrogen and oxygen atoms in total. The van der Waals surface area contributed by atoms with Gasteiger partial charge in [-0.05, 0) is 44.2 Å². The zero-order chi connectivity index (χ0) is 31.8. The molecule has 11 heteroatoms. The Kier molecular flexibility index (Phi) is 9.00. The van der Waals surface area contributed by atoms with E-state index in [9.17, 15) is 19.5 Å². The minimum atomic E-state index is -1.21. The molecule has 4 heterocycles. The fourth-order valence-corrected chi connectivity index (χ4v) is 7.83. The van der Waals surface area contributed by atoms with Crippen LogP contribution in [0, 0.1) is 17.8 Å². The quantitative estimate of drug-likeness (QED) is 0.328. The second-order valence-corrected chi connectivity index (χ2v) is 12.7. The lowest BCUT2D eigenvalue weighted by molar-refractivity contribution is -0.158. The number of likely N-dealkylation sites (tertiary alicyclic amines) is 1. The van der Waals surface area contributed by atoms with Gasteiger partial charge in [0.15, 0.2) is 0 Å². The van der Waals surface area contributed by atoms with Gasteiger partial charge >= 0.3 is 0 Å². The number of hydrogen-bond acceptors (Lipinski definition) is 7. The molecule has 2 bridgehead atoms. The summed E-state index contributed by atoms with van der Waals surface area (Å²) in [4.78, 5) is 48.7. The third-order valence-electron chi connectivity index (χ3n) is 10.1. The van der Waals surface area contributed by atoms with Crippen molar-refractivity contribution in [2.75, 3.05) is 26.2 Å². The highest BCUT2D eigenvalue weighted by Gasteiger charge is 2.79. The Morgan fingerprint density at radius 2 is 1.86 bits per heavy atom. The van der Waals surface area contributed by atoms with Gasteiger partial charge in [0, 0.05) is 19.6 Å². The van der Waals surface area contributed by atoms with Crippen LogP contribution in [0.2, 0.25) is 0 Å². The summed E-state index contributed by atoms with van der Waals surface area (Å²) in [5, 5.41) is 19.2. The molecular formula is C33H46N6O5. The van der Waals surface area contributed by atoms with Crippen molar-refractivity contribution >= 4 is 28.8 Å². The van der Waals surface area contributed by atoms with Crippen LogP contribution in [-0.4, -0.2) is 102 Å². The Labute approximate surface area is 259 Å². The molecule has 3 amide bonds. The molecule has 0 aliphatic carbocycles. The first-order valence-electron chi connectivity index (χ1n) is 15.8. The highest BCUT2D eigenvalue weighted by atomic mass is 16.5. The molecule has 1 aromatic carbocycles. The van der Waals surface area contributed by atoms with Crippen molar-refractivity contribution in [2.45, 2.75) is 83.3 Å². The predicted molar refractivity (Wildman–Crippen MR) is 166 cm³/mol. The van der Waals surface area contributed by atoms with E-state index in [1.54, 1.807) is 31.5 Å². The first-order valence-corrected chi connectivity index (χ1v) is 15.8. The summed E-state index contributed by atoms with van der Waals surface area (Å²) in [6, 6.07) is 5.86. The normalized spacial score (nSPS) is 28.6. The summed E-state index contributed by atoms with van der Waals surface area (Å²) in [6.45, 7) is 16.5. The highest BCUT2D eigenvalue weighted by Crippen LogP contribution is 2.64. The van der Waals surface area contributed by atoms with E-state index in [-0.39, 0.29) is 43.5 Å². The van der Waals surface area contributed by atoms with Gasteiger partial charge in [-0.2, -0.15) is 0 Å². The van der Waals surface area contributed by atoms with Gasteiger partial charge in [-0.15, -0.1) is 18.3 Å². The van der Waals surface area contributed by atoms with Crippen molar-refractivity contribution in [1.82, 2.24) is 29.7 Å². The van der Waals surface area contributed by atoms with Gasteiger partial charge in [-0.3, -0.25) is 14.4 Å². The zero-order valence-corrected chi connectivity index (χ0v) is 26.4. The number of aliphatic hydroxyl groups is 1. The fraction of sp³-hybridized carbons (Fsp3) is 0.606. The standard InChI is InChI=1S/C33H46N6O5/c1-7-17-36(18-8-2)29(41)26-27-30(42)39(25(20-40)22(5)10-4)28(33(27)16-15-32(26,6)44-33)31(43)37(19-9-3)21-38-24-14-12-11-13-23(24)34-35-38/h7,9,11-14,22,25-28,40H,1,3,8,10,15-21H2,2,4-6H3/t22-,25-,26+,27-,28?,32-,33?/m0/s1. The summed E-state index contributed by atoms with van der Waals surface area (Å²) in [6.07, 6.45) is 5.79. The van der Waals surface area contributed by atoms with Crippen molar-refractivity contribution in [3.8, 4) is 0 Å². The van der Waals surface area contributed by atoms with Gasteiger partial charge in [-0.25, -0.2) is 4.68 Å². The van der Waals surface area contributed by atoms with E-state index in [4.69, 9.17) is 4.74 Å². The summed E-state index contributed by atoms with van der Waals surface area (Å²) in [5.41, 5.74) is -0.631. The molecule has 44 heavy (non-hydrogen) atoms. The van der Waals surface area contributed by atoms with Crippen LogP contribution in [0.1, 0.15) is 53.4 Å². The maximum absolute atomic E-state index is 14.9. The van der Waals surface area contributed by atoms with Crippen molar-refractivity contribution < 1.29 is 24.2 Å². The minimum Gasteiger partial charge on any atom is -0.394 e. The number of para-hydroxylation sites is 1. The third kappa shape index (κ3) is 4.94. The molecule has 7 atom stereocenters. The van der Waals surface area contributed by atoms with Gasteiger partial charge in [0.25, 0.3) is 0 Å². The van der Waals surface area contributed by atoms with E-state index in [2.05, 4.69) is 23.5 Å². The van der Waals surface area contributed by atoms with Crippen LogP contribution in [-0.2, 0) is 25.8 Å². The van der Waals surface area contributed by atoms with Gasteiger partial charge in [-0.1, -0.05) is 56.7 Å². The maximum atomic E-state index is 14.9. The molecule has 3 aliphatic rings. The first kappa shape index (κ1) is 31.8. The Bertz CT molecular complexity index is 1430. The topological polar surface area (TPSA) is 121 Å². The fourth-order valence-electron chi connectivity index (χ4n) is 7.83. The van der Waals surface area contributed by atoms with E-state index in [1.165, 1.54) is 0 Å². The third-order valence-corrected chi connectivity index (χ3v) is 10.1. The van der Waals surface area contributed by atoms with Crippen molar-refractivity contribution in [1.29, 1.82) is 0 Å². The number of aromatic nitrogens is 3. The Morgan fingerprint density at radius 3 is 2.52 bits per heavy atom. The number of carbonyl (C=O) groups excluding carboxylic acids is 3. The zero-order valence-electron chi connectivity index (χ0n) is 26.4. The average Bonchev–Trinajstić information content (AvgIpc) is 3.72. The lowest BCUT2D eigenvalue weighted by Gasteiger charge is -2.41. The van der Waals surface area contributed by atoms with E-state index in [1.807, 2.05) is 52.0 Å². The second-order valence-electron chi connectivity index (χ2n) is 12.7. The van der Waals surface area contributed by atoms with Crippen molar-refractivity contribution in [2.24, 2.45) is 17.8 Å². The van der Waals surface area contributed by atoms with Crippen LogP contribution < -0.4 is 0 Å². The lowest BCUT2D eigenvalue weighted by Crippen LogP contribution is -2.60. The van der Waals surface area contributed by atoms with Gasteiger partial charge in [0.2, 0.25) is 17.7 Å². The molecule has 1 N–H and O–H groups in total. The smallest absolute Gasteiger partial charge is 0.250 e. The van der Waals surface area contributed by atoms with Crippen LogP contribution >= 0.6 is 0 Å². The predicted octanol–water partition coefficient (Wildman–Crippen LogP) is 3.00. The van der Waals surface area contributed by atoms with E-state index in [0.717, 1.165) is 11.9 Å². The summed E-state index contributed by atoms with van der Waals surface area (Å²) >= 11 is 0. The molecular weight excluding hydrogens is 560 g/mol. The first-order chi connectivity index (χ1) is 21.1. The largest absolute Gasteiger partial charge is 0.394 e. The SMILES string of the molecule is C=CCN(Cn1nnc2ccccc21)C(=O)C1N([C@@H](CO)[C@@H](C)CC)C(=O)[C@@H]2[C@H](C(=O)N(CC=C)CCC)[C@]3(C)CCC12O3. The summed E-state index contributed by atoms with van der Waals surface area (Å²) in [5.74, 6) is -2.47. The molecule has 0 radical (unpaired) electrons. The Balaban J connectivity index is 1.60. The lowest BCUT2D eigenvalue weighted by atomic mass is 9.66. The van der Waals surface area contributed by atoms with Gasteiger partial charge in [0.1, 0.15) is 23.8 Å². The molecule has 2 aromatic rings. The number of ether oxygens (including phenoxy) is 1. The highest BCUT2D eigenvalue weighted by molar-refractivity contribution is 5.99. The van der Waals surface area contributed by atoms with Crippen LogP contribution in [0.15, 0.2) is 49.6 Å². The molecule has 2 unspecified atom stereocenters. The minimum absolute atomic E-state index is 0.0843. The van der Waals surface area contributed by atoms with Gasteiger partial charge in [0.05, 0.1) is 35.6 Å². The molecule has 1 aromatic heterocycles. The summed E-state index contributed by atoms with van der Waals surface area (Å²) < 4.78 is 8.52. The Morgan fingerprint density at radius 1 is 1.16 bits per heavy atom. The van der Waals surface area contributed by atoms with Crippen LogP contribution in [0.5, 0.6) is 0 Å². The number of carbonyl (C=O) groups is 3. The molecule has 3 aliphatic heterocycles. The Hall–Kier alpha value is -3.57. The second kappa shape index (κ2) is 12.4. The molecule has 3 saturated heterocycles. The number of nitrogens with zero attached hydrogens (tertiary/aromatic N) is 6. The number of amides is 3. The number of hydrogen-bond donors (Lipinski definition) is 1. The van der Waals surface area contributed by atoms with Crippen molar-refractivity contribution in [3.05, 3.63) is 49.6 Å². The molecule has 238 valence electrons. The van der Waals surface area contributed by atoms with Gasteiger partial charge < -0.3 is 24.5 Å². The van der Waals surface area contributed by atoms with Crippen molar-refractivity contribution in [3.63, 3.8) is 0 Å². The molecule has 0 saturated carbocycles. The average molecular weight is 607 g/mol. The summed E-state index contributed by atoms with van der Waals surface area (Å²) in [7, 11) is 0.